The summed E-state index contributed by atoms with van der Waals surface area (Å²) in [7, 11) is 0. The highest BCUT2D eigenvalue weighted by Gasteiger charge is 1.94. The Balaban J connectivity index is 2.33. The van der Waals surface area contributed by atoms with E-state index in [1.807, 2.05) is 0 Å². The molecule has 2 nitrogen and oxygen atoms in total. The zero-order valence-electron chi connectivity index (χ0n) is 8.50. The molecule has 0 fully saturated rings. The summed E-state index contributed by atoms with van der Waals surface area (Å²) in [5.41, 5.74) is 5.38. The van der Waals surface area contributed by atoms with Crippen molar-refractivity contribution in [2.45, 2.75) is 33.4 Å². The van der Waals surface area contributed by atoms with Crippen LogP contribution in [0.15, 0.2) is 24.3 Å². The minimum atomic E-state index is 0.366. The molecule has 1 aromatic rings. The van der Waals surface area contributed by atoms with Crippen molar-refractivity contribution < 1.29 is 4.84 Å². The first-order valence-corrected chi connectivity index (χ1v) is 4.61. The normalized spacial score (nSPS) is 10.8. The Morgan fingerprint density at radius 2 is 1.85 bits per heavy atom. The smallest absolute Gasteiger partial charge is 0.0933 e. The molecule has 1 N–H and O–H groups in total. The number of hydroxylamine groups is 1. The van der Waals surface area contributed by atoms with Crippen molar-refractivity contribution in [3.63, 3.8) is 0 Å². The van der Waals surface area contributed by atoms with Crippen molar-refractivity contribution in [3.8, 4) is 0 Å². The predicted octanol–water partition coefficient (Wildman–Crippen LogP) is 2.42. The van der Waals surface area contributed by atoms with Crippen LogP contribution in [0.1, 0.15) is 25.0 Å². The molecular formula is C11H17NO. The van der Waals surface area contributed by atoms with Crippen molar-refractivity contribution in [2.75, 3.05) is 0 Å². The first kappa shape index (κ1) is 10.2. The number of hydrogen-bond acceptors (Lipinski definition) is 2. The fourth-order valence-corrected chi connectivity index (χ4v) is 0.976. The largest absolute Gasteiger partial charge is 0.297 e. The van der Waals surface area contributed by atoms with Gasteiger partial charge >= 0.3 is 0 Å². The lowest BCUT2D eigenvalue weighted by molar-refractivity contribution is 0.0114. The highest BCUT2D eigenvalue weighted by atomic mass is 16.6. The van der Waals surface area contributed by atoms with Crippen LogP contribution in [0.25, 0.3) is 0 Å². The van der Waals surface area contributed by atoms with Crippen LogP contribution < -0.4 is 5.48 Å². The van der Waals surface area contributed by atoms with E-state index in [1.165, 1.54) is 11.1 Å². The van der Waals surface area contributed by atoms with Gasteiger partial charge in [0.2, 0.25) is 0 Å². The second-order valence-electron chi connectivity index (χ2n) is 3.55. The van der Waals surface area contributed by atoms with Gasteiger partial charge in [0.25, 0.3) is 0 Å². The molecular weight excluding hydrogens is 162 g/mol. The molecule has 1 aromatic carbocycles. The monoisotopic (exact) mass is 179 g/mol. The van der Waals surface area contributed by atoms with Gasteiger partial charge in [0, 0.05) is 6.04 Å². The maximum Gasteiger partial charge on any atom is 0.0933 e. The average molecular weight is 179 g/mol. The van der Waals surface area contributed by atoms with Gasteiger partial charge in [-0.3, -0.25) is 4.84 Å². The van der Waals surface area contributed by atoms with Gasteiger partial charge in [0.15, 0.2) is 0 Å². The van der Waals surface area contributed by atoms with Crippen LogP contribution in [0.2, 0.25) is 0 Å². The second-order valence-corrected chi connectivity index (χ2v) is 3.55. The van der Waals surface area contributed by atoms with Crippen molar-refractivity contribution in [2.24, 2.45) is 0 Å². The summed E-state index contributed by atoms with van der Waals surface area (Å²) < 4.78 is 0. The molecule has 0 aliphatic heterocycles. The number of benzene rings is 1. The van der Waals surface area contributed by atoms with E-state index >= 15 is 0 Å². The van der Waals surface area contributed by atoms with Crippen molar-refractivity contribution in [3.05, 3.63) is 35.4 Å². The Morgan fingerprint density at radius 1 is 1.23 bits per heavy atom. The Morgan fingerprint density at radius 3 is 2.38 bits per heavy atom. The number of aryl methyl sites for hydroxylation is 1. The van der Waals surface area contributed by atoms with Gasteiger partial charge in [0.05, 0.1) is 6.61 Å². The molecule has 0 unspecified atom stereocenters. The van der Waals surface area contributed by atoms with Crippen LogP contribution in [0, 0.1) is 6.92 Å². The lowest BCUT2D eigenvalue weighted by Gasteiger charge is -2.08. The lowest BCUT2D eigenvalue weighted by atomic mass is 10.2. The zero-order chi connectivity index (χ0) is 9.68. The first-order chi connectivity index (χ1) is 6.18. The Hall–Kier alpha value is -0.860. The molecule has 0 radical (unpaired) electrons. The van der Waals surface area contributed by atoms with Crippen LogP contribution in [-0.2, 0) is 11.4 Å². The van der Waals surface area contributed by atoms with Crippen molar-refractivity contribution in [1.29, 1.82) is 0 Å². The van der Waals surface area contributed by atoms with E-state index in [-0.39, 0.29) is 0 Å². The minimum absolute atomic E-state index is 0.366. The van der Waals surface area contributed by atoms with E-state index < -0.39 is 0 Å². The molecule has 0 atom stereocenters. The minimum Gasteiger partial charge on any atom is -0.297 e. The highest BCUT2D eigenvalue weighted by Crippen LogP contribution is 2.03. The van der Waals surface area contributed by atoms with E-state index in [2.05, 4.69) is 50.5 Å². The molecule has 72 valence electrons. The summed E-state index contributed by atoms with van der Waals surface area (Å²) in [6.07, 6.45) is 0. The SMILES string of the molecule is Cc1ccc(CONC(C)C)cc1. The molecule has 0 amide bonds. The van der Waals surface area contributed by atoms with Crippen molar-refractivity contribution in [1.82, 2.24) is 5.48 Å². The zero-order valence-corrected chi connectivity index (χ0v) is 8.50. The fourth-order valence-electron chi connectivity index (χ4n) is 0.976. The van der Waals surface area contributed by atoms with E-state index in [0.717, 1.165) is 0 Å². The third-order valence-corrected chi connectivity index (χ3v) is 1.68. The molecule has 0 spiro atoms. The maximum absolute atomic E-state index is 5.27. The quantitative estimate of drug-likeness (QED) is 0.717. The van der Waals surface area contributed by atoms with Crippen LogP contribution in [0.4, 0.5) is 0 Å². The fraction of sp³-hybridized carbons (Fsp3) is 0.455. The van der Waals surface area contributed by atoms with Crippen molar-refractivity contribution >= 4 is 0 Å². The lowest BCUT2D eigenvalue weighted by Crippen LogP contribution is -2.22. The van der Waals surface area contributed by atoms with Gasteiger partial charge in [-0.2, -0.15) is 5.48 Å². The number of rotatable bonds is 4. The molecule has 0 saturated carbocycles. The van der Waals surface area contributed by atoms with Gasteiger partial charge in [-0.15, -0.1) is 0 Å². The predicted molar refractivity (Wildman–Crippen MR) is 54.2 cm³/mol. The van der Waals surface area contributed by atoms with Crippen LogP contribution in [0.5, 0.6) is 0 Å². The van der Waals surface area contributed by atoms with E-state index in [9.17, 15) is 0 Å². The van der Waals surface area contributed by atoms with E-state index in [4.69, 9.17) is 4.84 Å². The summed E-state index contributed by atoms with van der Waals surface area (Å²) in [5.74, 6) is 0. The van der Waals surface area contributed by atoms with Crippen LogP contribution in [-0.4, -0.2) is 6.04 Å². The number of hydrogen-bond donors (Lipinski definition) is 1. The molecule has 1 rings (SSSR count). The summed E-state index contributed by atoms with van der Waals surface area (Å²) >= 11 is 0. The molecule has 0 saturated heterocycles. The summed E-state index contributed by atoms with van der Waals surface area (Å²) in [6, 6.07) is 8.71. The maximum atomic E-state index is 5.27. The van der Waals surface area contributed by atoms with Crippen LogP contribution in [0.3, 0.4) is 0 Å². The second kappa shape index (κ2) is 5.00. The summed E-state index contributed by atoms with van der Waals surface area (Å²) in [4.78, 5) is 5.27. The van der Waals surface area contributed by atoms with Gasteiger partial charge in [0.1, 0.15) is 0 Å². The van der Waals surface area contributed by atoms with Gasteiger partial charge < -0.3 is 0 Å². The Labute approximate surface area is 79.9 Å². The average Bonchev–Trinajstić information content (AvgIpc) is 2.08. The molecule has 13 heavy (non-hydrogen) atoms. The topological polar surface area (TPSA) is 21.3 Å². The van der Waals surface area contributed by atoms with Gasteiger partial charge in [-0.25, -0.2) is 0 Å². The van der Waals surface area contributed by atoms with Gasteiger partial charge in [-0.05, 0) is 26.3 Å². The van der Waals surface area contributed by atoms with E-state index in [0.29, 0.717) is 12.6 Å². The molecule has 0 heterocycles. The molecule has 0 aliphatic carbocycles. The summed E-state index contributed by atoms with van der Waals surface area (Å²) in [6.45, 7) is 6.81. The first-order valence-electron chi connectivity index (χ1n) is 4.61. The molecule has 0 bridgehead atoms. The number of nitrogens with one attached hydrogen (secondary N) is 1. The molecule has 0 aromatic heterocycles. The van der Waals surface area contributed by atoms with Gasteiger partial charge in [-0.1, -0.05) is 29.8 Å². The van der Waals surface area contributed by atoms with E-state index in [1.54, 1.807) is 0 Å². The third kappa shape index (κ3) is 4.06. The third-order valence-electron chi connectivity index (χ3n) is 1.68. The molecule has 0 aliphatic rings. The Kier molecular flexibility index (Phi) is 3.93. The highest BCUT2D eigenvalue weighted by molar-refractivity contribution is 5.20. The standard InChI is InChI=1S/C11H17NO/c1-9(2)12-13-8-11-6-4-10(3)5-7-11/h4-7,9,12H,8H2,1-3H3. The Bertz CT molecular complexity index is 241. The van der Waals surface area contributed by atoms with Crippen LogP contribution >= 0.6 is 0 Å². The molecule has 2 heteroatoms. The summed E-state index contributed by atoms with van der Waals surface area (Å²) in [5, 5.41) is 0.